The Morgan fingerprint density at radius 2 is 2.07 bits per heavy atom. The van der Waals surface area contributed by atoms with Gasteiger partial charge >= 0.3 is 0 Å². The van der Waals surface area contributed by atoms with Crippen molar-refractivity contribution in [2.24, 2.45) is 0 Å². The molecule has 0 radical (unpaired) electrons. The number of hydrogen-bond acceptors (Lipinski definition) is 6. The summed E-state index contributed by atoms with van der Waals surface area (Å²) >= 11 is 6.15. The molecule has 3 rings (SSSR count). The van der Waals surface area contributed by atoms with E-state index < -0.39 is 10.0 Å². The molecule has 0 aliphatic carbocycles. The van der Waals surface area contributed by atoms with Gasteiger partial charge in [0.2, 0.25) is 10.0 Å². The zero-order valence-corrected chi connectivity index (χ0v) is 16.4. The lowest BCUT2D eigenvalue weighted by molar-refractivity contribution is -0.123. The summed E-state index contributed by atoms with van der Waals surface area (Å²) in [7, 11) is -3.63. The molecule has 2 saturated heterocycles. The number of nitrogens with zero attached hydrogens (tertiary/aromatic N) is 1. The fourth-order valence-electron chi connectivity index (χ4n) is 2.92. The highest BCUT2D eigenvalue weighted by Crippen LogP contribution is 2.29. The van der Waals surface area contributed by atoms with E-state index in [0.29, 0.717) is 32.8 Å². The number of halogens is 1. The van der Waals surface area contributed by atoms with Gasteiger partial charge < -0.3 is 19.5 Å². The molecular formula is C17H23ClN2O6S. The molecule has 1 aromatic rings. The zero-order valence-electron chi connectivity index (χ0n) is 14.9. The van der Waals surface area contributed by atoms with Crippen LogP contribution in [0.15, 0.2) is 23.1 Å². The van der Waals surface area contributed by atoms with Gasteiger partial charge in [-0.3, -0.25) is 4.79 Å². The van der Waals surface area contributed by atoms with Crippen LogP contribution in [0.2, 0.25) is 5.02 Å². The van der Waals surface area contributed by atoms with Crippen LogP contribution in [0.4, 0.5) is 0 Å². The van der Waals surface area contributed by atoms with Crippen molar-refractivity contribution in [1.29, 1.82) is 0 Å². The largest absolute Gasteiger partial charge is 0.482 e. The van der Waals surface area contributed by atoms with Crippen LogP contribution >= 0.6 is 11.6 Å². The number of morpholine rings is 1. The van der Waals surface area contributed by atoms with Gasteiger partial charge in [0.25, 0.3) is 5.91 Å². The SMILES string of the molecule is O=C(COc1ccc(S(=O)(=O)N2CCOCC2)cc1Cl)NC[C@H]1CCCO1. The number of sulfonamides is 1. The number of carbonyl (C=O) groups is 1. The highest BCUT2D eigenvalue weighted by Gasteiger charge is 2.27. The van der Waals surface area contributed by atoms with E-state index in [0.717, 1.165) is 19.4 Å². The molecule has 2 fully saturated rings. The van der Waals surface area contributed by atoms with E-state index in [1.807, 2.05) is 0 Å². The van der Waals surface area contributed by atoms with Crippen LogP contribution in [0.25, 0.3) is 0 Å². The van der Waals surface area contributed by atoms with Crippen molar-refractivity contribution in [3.05, 3.63) is 23.2 Å². The smallest absolute Gasteiger partial charge is 0.258 e. The number of benzene rings is 1. The first-order chi connectivity index (χ1) is 13.0. The van der Waals surface area contributed by atoms with Gasteiger partial charge in [-0.05, 0) is 31.0 Å². The predicted molar refractivity (Wildman–Crippen MR) is 98.5 cm³/mol. The molecule has 0 bridgehead atoms. The summed E-state index contributed by atoms with van der Waals surface area (Å²) in [5, 5.41) is 2.88. The van der Waals surface area contributed by atoms with Gasteiger partial charge in [0.15, 0.2) is 6.61 Å². The van der Waals surface area contributed by atoms with Crippen molar-refractivity contribution in [3.8, 4) is 5.75 Å². The molecule has 1 aromatic carbocycles. The topological polar surface area (TPSA) is 94.2 Å². The Labute approximate surface area is 163 Å². The molecule has 2 aliphatic rings. The average molecular weight is 419 g/mol. The summed E-state index contributed by atoms with van der Waals surface area (Å²) in [5.41, 5.74) is 0. The third kappa shape index (κ3) is 5.32. The molecule has 0 saturated carbocycles. The summed E-state index contributed by atoms with van der Waals surface area (Å²) in [5.74, 6) is -0.0311. The predicted octanol–water partition coefficient (Wildman–Crippen LogP) is 1.03. The van der Waals surface area contributed by atoms with Gasteiger partial charge in [0, 0.05) is 26.2 Å². The normalized spacial score (nSPS) is 21.1. The minimum atomic E-state index is -3.63. The minimum Gasteiger partial charge on any atom is -0.482 e. The molecule has 150 valence electrons. The molecule has 27 heavy (non-hydrogen) atoms. The Balaban J connectivity index is 1.55. The van der Waals surface area contributed by atoms with Crippen molar-refractivity contribution in [2.75, 3.05) is 46.1 Å². The van der Waals surface area contributed by atoms with Gasteiger partial charge in [-0.15, -0.1) is 0 Å². The number of nitrogens with one attached hydrogen (secondary N) is 1. The van der Waals surface area contributed by atoms with Gasteiger partial charge in [0.05, 0.1) is 29.2 Å². The fourth-order valence-corrected chi connectivity index (χ4v) is 4.66. The molecule has 8 nitrogen and oxygen atoms in total. The van der Waals surface area contributed by atoms with Crippen molar-refractivity contribution < 1.29 is 27.4 Å². The van der Waals surface area contributed by atoms with Crippen LogP contribution in [-0.4, -0.2) is 70.8 Å². The Morgan fingerprint density at radius 3 is 2.74 bits per heavy atom. The highest BCUT2D eigenvalue weighted by molar-refractivity contribution is 7.89. The Kier molecular flexibility index (Phi) is 6.93. The monoisotopic (exact) mass is 418 g/mol. The molecule has 1 atom stereocenters. The van der Waals surface area contributed by atoms with E-state index >= 15 is 0 Å². The summed E-state index contributed by atoms with van der Waals surface area (Å²) in [4.78, 5) is 12.0. The van der Waals surface area contributed by atoms with Gasteiger partial charge in [-0.2, -0.15) is 4.31 Å². The maximum atomic E-state index is 12.6. The van der Waals surface area contributed by atoms with Crippen LogP contribution in [0.5, 0.6) is 5.75 Å². The van der Waals surface area contributed by atoms with Gasteiger partial charge in [0.1, 0.15) is 5.75 Å². The van der Waals surface area contributed by atoms with E-state index in [1.165, 1.54) is 22.5 Å². The number of carbonyl (C=O) groups excluding carboxylic acids is 1. The first kappa shape index (κ1) is 20.3. The molecule has 0 spiro atoms. The van der Waals surface area contributed by atoms with E-state index in [1.54, 1.807) is 0 Å². The van der Waals surface area contributed by atoms with E-state index in [9.17, 15) is 13.2 Å². The third-order valence-corrected chi connectivity index (χ3v) is 6.61. The fraction of sp³-hybridized carbons (Fsp3) is 0.588. The average Bonchev–Trinajstić information content (AvgIpc) is 3.19. The van der Waals surface area contributed by atoms with E-state index in [4.69, 9.17) is 25.8 Å². The van der Waals surface area contributed by atoms with E-state index in [-0.39, 0.29) is 34.3 Å². The summed E-state index contributed by atoms with van der Waals surface area (Å²) < 4.78 is 42.6. The van der Waals surface area contributed by atoms with Crippen LogP contribution in [-0.2, 0) is 24.3 Å². The van der Waals surface area contributed by atoms with Crippen LogP contribution in [0.1, 0.15) is 12.8 Å². The van der Waals surface area contributed by atoms with Crippen molar-refractivity contribution in [3.63, 3.8) is 0 Å². The number of ether oxygens (including phenoxy) is 3. The second kappa shape index (κ2) is 9.20. The maximum Gasteiger partial charge on any atom is 0.258 e. The lowest BCUT2D eigenvalue weighted by Crippen LogP contribution is -2.40. The summed E-state index contributed by atoms with van der Waals surface area (Å²) in [6, 6.07) is 4.23. The second-order valence-corrected chi connectivity index (χ2v) is 8.68. The van der Waals surface area contributed by atoms with Crippen molar-refractivity contribution >= 4 is 27.5 Å². The summed E-state index contributed by atoms with van der Waals surface area (Å²) in [6.45, 7) is 2.33. The Morgan fingerprint density at radius 1 is 1.30 bits per heavy atom. The van der Waals surface area contributed by atoms with Gasteiger partial charge in [-0.1, -0.05) is 11.6 Å². The standard InChI is InChI=1S/C17H23ClN2O6S/c18-15-10-14(27(22,23)20-5-8-24-9-6-20)3-4-16(15)26-12-17(21)19-11-13-2-1-7-25-13/h3-4,10,13H,1-2,5-9,11-12H2,(H,19,21)/t13-/m1/s1. The number of hydrogen-bond donors (Lipinski definition) is 1. The minimum absolute atomic E-state index is 0.0576. The molecule has 2 heterocycles. The van der Waals surface area contributed by atoms with Crippen molar-refractivity contribution in [2.45, 2.75) is 23.8 Å². The molecule has 0 aromatic heterocycles. The van der Waals surface area contributed by atoms with Gasteiger partial charge in [-0.25, -0.2) is 8.42 Å². The van der Waals surface area contributed by atoms with Crippen LogP contribution in [0, 0.1) is 0 Å². The lowest BCUT2D eigenvalue weighted by atomic mass is 10.2. The van der Waals surface area contributed by atoms with Crippen LogP contribution in [0.3, 0.4) is 0 Å². The number of rotatable bonds is 7. The highest BCUT2D eigenvalue weighted by atomic mass is 35.5. The quantitative estimate of drug-likeness (QED) is 0.710. The molecular weight excluding hydrogens is 396 g/mol. The van der Waals surface area contributed by atoms with Crippen molar-refractivity contribution in [1.82, 2.24) is 9.62 Å². The first-order valence-electron chi connectivity index (χ1n) is 8.85. The summed E-state index contributed by atoms with van der Waals surface area (Å²) in [6.07, 6.45) is 2.00. The lowest BCUT2D eigenvalue weighted by Gasteiger charge is -2.26. The second-order valence-electron chi connectivity index (χ2n) is 6.34. The maximum absolute atomic E-state index is 12.6. The van der Waals surface area contributed by atoms with Crippen LogP contribution < -0.4 is 10.1 Å². The molecule has 10 heteroatoms. The first-order valence-corrected chi connectivity index (χ1v) is 10.7. The molecule has 1 N–H and O–H groups in total. The molecule has 2 aliphatic heterocycles. The molecule has 0 unspecified atom stereocenters. The molecule has 1 amide bonds. The number of amides is 1. The van der Waals surface area contributed by atoms with E-state index in [2.05, 4.69) is 5.32 Å². The Bertz CT molecular complexity index is 761. The zero-order chi connectivity index (χ0) is 19.3. The Hall–Kier alpha value is -1.39. The third-order valence-electron chi connectivity index (χ3n) is 4.42.